The number of aliphatic carboxylic acids is 1. The van der Waals surface area contributed by atoms with Crippen LogP contribution in [0.2, 0.25) is 10.0 Å². The minimum atomic E-state index is -5.19. The molecule has 0 aliphatic rings. The lowest BCUT2D eigenvalue weighted by Crippen LogP contribution is -2.44. The molecule has 0 aliphatic carbocycles. The van der Waals surface area contributed by atoms with Crippen molar-refractivity contribution in [3.8, 4) is 11.4 Å². The lowest BCUT2D eigenvalue weighted by atomic mass is 9.92. The van der Waals surface area contributed by atoms with Crippen LogP contribution in [0.3, 0.4) is 0 Å². The van der Waals surface area contributed by atoms with E-state index in [1.54, 1.807) is 0 Å². The summed E-state index contributed by atoms with van der Waals surface area (Å²) >= 11 is 11.9. The van der Waals surface area contributed by atoms with Crippen molar-refractivity contribution < 1.29 is 32.4 Å². The molecule has 176 valence electrons. The summed E-state index contributed by atoms with van der Waals surface area (Å²) < 4.78 is 61.2. The third-order valence-electron chi connectivity index (χ3n) is 4.64. The number of aromatic nitrogens is 2. The number of nitrogens with zero attached hydrogens (tertiary/aromatic N) is 2. The molecule has 0 radical (unpaired) electrons. The lowest BCUT2D eigenvalue weighted by Gasteiger charge is -2.30. The summed E-state index contributed by atoms with van der Waals surface area (Å²) in [5.41, 5.74) is 1.39. The first kappa shape index (κ1) is 26.3. The smallest absolute Gasteiger partial charge is 0.421 e. The molecular formula is C18H19Cl2F3N4O4S. The number of benzene rings is 1. The van der Waals surface area contributed by atoms with Gasteiger partial charge in [0.2, 0.25) is 0 Å². The van der Waals surface area contributed by atoms with Crippen LogP contribution in [0, 0.1) is 4.78 Å². The Hall–Kier alpha value is -1.99. The Morgan fingerprint density at radius 3 is 2.31 bits per heavy atom. The van der Waals surface area contributed by atoms with E-state index in [1.165, 1.54) is 18.2 Å². The van der Waals surface area contributed by atoms with Gasteiger partial charge in [0.05, 0.1) is 5.02 Å². The quantitative estimate of drug-likeness (QED) is 0.400. The van der Waals surface area contributed by atoms with E-state index in [0.29, 0.717) is 10.6 Å². The molecule has 3 atom stereocenters. The fourth-order valence-electron chi connectivity index (χ4n) is 2.66. The van der Waals surface area contributed by atoms with Crippen molar-refractivity contribution in [1.82, 2.24) is 9.97 Å². The maximum absolute atomic E-state index is 13.7. The molecule has 2 rings (SSSR count). The fraction of sp³-hybridized carbons (Fsp3) is 0.389. The SMILES string of the molecule is N=S(=O)(CC[C@H](N)C(=O)O)CCC(O)(c1cnc(-c2ccc(Cl)cc2Cl)nc1)C(F)(F)F. The van der Waals surface area contributed by atoms with Crippen LogP contribution in [-0.4, -0.2) is 54.1 Å². The number of rotatable bonds is 9. The minimum Gasteiger partial charge on any atom is -0.480 e. The molecule has 0 saturated heterocycles. The van der Waals surface area contributed by atoms with E-state index >= 15 is 0 Å². The highest BCUT2D eigenvalue weighted by atomic mass is 35.5. The van der Waals surface area contributed by atoms with Gasteiger partial charge < -0.3 is 15.9 Å². The van der Waals surface area contributed by atoms with Crippen molar-refractivity contribution in [2.24, 2.45) is 5.73 Å². The minimum absolute atomic E-state index is 0.00751. The van der Waals surface area contributed by atoms with Crippen LogP contribution in [0.5, 0.6) is 0 Å². The monoisotopic (exact) mass is 514 g/mol. The van der Waals surface area contributed by atoms with Gasteiger partial charge in [-0.05, 0) is 24.6 Å². The molecule has 32 heavy (non-hydrogen) atoms. The van der Waals surface area contributed by atoms with E-state index < -0.39 is 57.0 Å². The summed E-state index contributed by atoms with van der Waals surface area (Å²) in [6.45, 7) is 0. The predicted molar refractivity (Wildman–Crippen MR) is 113 cm³/mol. The Morgan fingerprint density at radius 2 is 1.81 bits per heavy atom. The van der Waals surface area contributed by atoms with Gasteiger partial charge in [-0.1, -0.05) is 23.2 Å². The molecule has 1 heterocycles. The number of hydrogen-bond donors (Lipinski definition) is 4. The third-order valence-corrected chi connectivity index (χ3v) is 6.95. The molecule has 0 fully saturated rings. The predicted octanol–water partition coefficient (Wildman–Crippen LogP) is 3.44. The van der Waals surface area contributed by atoms with Crippen LogP contribution in [0.15, 0.2) is 30.6 Å². The van der Waals surface area contributed by atoms with Crippen LogP contribution >= 0.6 is 23.2 Å². The van der Waals surface area contributed by atoms with Gasteiger partial charge in [-0.2, -0.15) is 13.2 Å². The summed E-state index contributed by atoms with van der Waals surface area (Å²) in [6, 6.07) is 2.98. The molecular weight excluding hydrogens is 496 g/mol. The van der Waals surface area contributed by atoms with Crippen molar-refractivity contribution >= 4 is 38.9 Å². The van der Waals surface area contributed by atoms with Gasteiger partial charge in [-0.3, -0.25) is 9.57 Å². The van der Waals surface area contributed by atoms with Crippen molar-refractivity contribution in [1.29, 1.82) is 4.78 Å². The van der Waals surface area contributed by atoms with Crippen LogP contribution in [0.1, 0.15) is 18.4 Å². The second-order valence-corrected chi connectivity index (χ2v) is 10.3. The van der Waals surface area contributed by atoms with Crippen LogP contribution < -0.4 is 5.73 Å². The van der Waals surface area contributed by atoms with E-state index in [4.69, 9.17) is 38.8 Å². The number of aliphatic hydroxyl groups is 1. The van der Waals surface area contributed by atoms with E-state index in [2.05, 4.69) is 9.97 Å². The van der Waals surface area contributed by atoms with Gasteiger partial charge in [-0.15, -0.1) is 0 Å². The van der Waals surface area contributed by atoms with Crippen LogP contribution in [0.25, 0.3) is 11.4 Å². The van der Waals surface area contributed by atoms with Gasteiger partial charge in [0.25, 0.3) is 0 Å². The number of nitrogens with two attached hydrogens (primary N) is 1. The molecule has 2 aromatic rings. The van der Waals surface area contributed by atoms with Crippen LogP contribution in [0.4, 0.5) is 13.2 Å². The zero-order chi connectivity index (χ0) is 24.3. The van der Waals surface area contributed by atoms with E-state index in [-0.39, 0.29) is 17.3 Å². The Bertz CT molecular complexity index is 1080. The molecule has 0 saturated carbocycles. The number of halogens is 5. The number of nitrogens with one attached hydrogen (secondary N) is 1. The average molecular weight is 515 g/mol. The molecule has 5 N–H and O–H groups in total. The maximum Gasteiger partial charge on any atom is 0.421 e. The number of hydrogen-bond acceptors (Lipinski definition) is 7. The van der Waals surface area contributed by atoms with Gasteiger partial charge in [0, 0.05) is 56.2 Å². The Morgan fingerprint density at radius 1 is 1.22 bits per heavy atom. The van der Waals surface area contributed by atoms with Crippen molar-refractivity contribution in [2.45, 2.75) is 30.7 Å². The average Bonchev–Trinajstić information content (AvgIpc) is 2.69. The summed E-state index contributed by atoms with van der Waals surface area (Å²) in [5, 5.41) is 19.7. The fourth-order valence-corrected chi connectivity index (χ4v) is 4.61. The first-order valence-electron chi connectivity index (χ1n) is 8.96. The topological polar surface area (TPSA) is 150 Å². The Labute approximate surface area is 191 Å². The third kappa shape index (κ3) is 6.29. The van der Waals surface area contributed by atoms with E-state index in [9.17, 15) is 27.3 Å². The van der Waals surface area contributed by atoms with Gasteiger partial charge in [0.15, 0.2) is 11.4 Å². The molecule has 8 nitrogen and oxygen atoms in total. The van der Waals surface area contributed by atoms with Gasteiger partial charge in [-0.25, -0.2) is 14.2 Å². The van der Waals surface area contributed by atoms with Crippen molar-refractivity contribution in [2.75, 3.05) is 11.5 Å². The molecule has 0 amide bonds. The highest BCUT2D eigenvalue weighted by Gasteiger charge is 2.55. The van der Waals surface area contributed by atoms with Crippen molar-refractivity contribution in [3.63, 3.8) is 0 Å². The first-order valence-corrected chi connectivity index (χ1v) is 11.6. The van der Waals surface area contributed by atoms with E-state index in [1.807, 2.05) is 0 Å². The standard InChI is InChI=1S/C18H19Cl2F3N4O4S/c19-11-1-2-12(13(20)7-11)15-26-8-10(9-27-15)17(30,18(21,22)23)4-6-32(25,31)5-3-14(24)16(28)29/h1-2,7-9,14,25,30H,3-6,24H2,(H,28,29)/t14-,17?,32?/m0/s1. The van der Waals surface area contributed by atoms with Gasteiger partial charge >= 0.3 is 12.1 Å². The summed E-state index contributed by atoms with van der Waals surface area (Å²) in [4.78, 5) is 18.4. The summed E-state index contributed by atoms with van der Waals surface area (Å²) in [7, 11) is -3.65. The highest BCUT2D eigenvalue weighted by Crippen LogP contribution is 2.42. The lowest BCUT2D eigenvalue weighted by molar-refractivity contribution is -0.267. The molecule has 0 bridgehead atoms. The molecule has 1 aromatic carbocycles. The zero-order valence-corrected chi connectivity index (χ0v) is 18.6. The molecule has 0 aliphatic heterocycles. The number of carboxylic acid groups (broad SMARTS) is 1. The molecule has 2 unspecified atom stereocenters. The highest BCUT2D eigenvalue weighted by molar-refractivity contribution is 7.92. The molecule has 1 aromatic heterocycles. The second-order valence-electron chi connectivity index (χ2n) is 6.98. The normalized spacial score (nSPS) is 16.7. The Balaban J connectivity index is 2.26. The number of alkyl halides is 3. The van der Waals surface area contributed by atoms with E-state index in [0.717, 1.165) is 12.4 Å². The van der Waals surface area contributed by atoms with Crippen molar-refractivity contribution in [3.05, 3.63) is 46.2 Å². The zero-order valence-electron chi connectivity index (χ0n) is 16.3. The van der Waals surface area contributed by atoms with Crippen LogP contribution in [-0.2, 0) is 20.1 Å². The second kappa shape index (κ2) is 9.87. The first-order chi connectivity index (χ1) is 14.7. The summed E-state index contributed by atoms with van der Waals surface area (Å²) in [6.07, 6.45) is -5.13. The van der Waals surface area contributed by atoms with Gasteiger partial charge in [0.1, 0.15) is 6.04 Å². The number of carboxylic acids is 1. The molecule has 0 spiro atoms. The Kier molecular flexibility index (Phi) is 8.10. The summed E-state index contributed by atoms with van der Waals surface area (Å²) in [5.74, 6) is -2.77. The largest absolute Gasteiger partial charge is 0.480 e. The number of carbonyl (C=O) groups is 1. The maximum atomic E-state index is 13.7. The molecule has 14 heteroatoms.